The first kappa shape index (κ1) is 12.4. The van der Waals surface area contributed by atoms with E-state index in [1.165, 1.54) is 6.20 Å². The Kier molecular flexibility index (Phi) is 4.21. The molecule has 1 aromatic rings. The van der Waals surface area contributed by atoms with Crippen molar-refractivity contribution in [3.63, 3.8) is 0 Å². The minimum absolute atomic E-state index is 0.0627. The largest absolute Gasteiger partial charge is 0.506 e. The van der Waals surface area contributed by atoms with Crippen molar-refractivity contribution in [2.75, 3.05) is 6.54 Å². The molecule has 0 unspecified atom stereocenters. The van der Waals surface area contributed by atoms with E-state index < -0.39 is 5.97 Å². The predicted molar refractivity (Wildman–Crippen MR) is 55.4 cm³/mol. The highest BCUT2D eigenvalue weighted by atomic mass is 16.5. The first-order valence-electron chi connectivity index (χ1n) is 4.73. The fourth-order valence-corrected chi connectivity index (χ4v) is 1.20. The van der Waals surface area contributed by atoms with Gasteiger partial charge in [-0.05, 0) is 6.92 Å². The van der Waals surface area contributed by atoms with E-state index in [9.17, 15) is 9.90 Å². The second-order valence-corrected chi connectivity index (χ2v) is 3.22. The van der Waals surface area contributed by atoms with Crippen LogP contribution in [0.4, 0.5) is 0 Å². The van der Waals surface area contributed by atoms with E-state index in [-0.39, 0.29) is 25.5 Å². The van der Waals surface area contributed by atoms with Crippen molar-refractivity contribution < 1.29 is 19.7 Å². The standard InChI is InChI=1S/C10H14N2O4/c1-6-10(15)8(4-13)7(3-12-6)5-16-9(14)2-11/h3,13,15H,2,4-5,11H2,1H3. The van der Waals surface area contributed by atoms with Crippen LogP contribution in [0.3, 0.4) is 0 Å². The number of ether oxygens (including phenoxy) is 1. The Balaban J connectivity index is 2.88. The van der Waals surface area contributed by atoms with E-state index in [4.69, 9.17) is 15.6 Å². The molecule has 0 aromatic carbocycles. The second kappa shape index (κ2) is 5.43. The van der Waals surface area contributed by atoms with Crippen molar-refractivity contribution in [1.29, 1.82) is 0 Å². The lowest BCUT2D eigenvalue weighted by atomic mass is 10.1. The Hall–Kier alpha value is -1.66. The molecule has 6 nitrogen and oxygen atoms in total. The molecular weight excluding hydrogens is 212 g/mol. The van der Waals surface area contributed by atoms with Gasteiger partial charge in [0.1, 0.15) is 12.4 Å². The maximum Gasteiger partial charge on any atom is 0.320 e. The van der Waals surface area contributed by atoms with Crippen LogP contribution < -0.4 is 5.73 Å². The van der Waals surface area contributed by atoms with E-state index in [1.807, 2.05) is 0 Å². The number of aryl methyl sites for hydroxylation is 1. The van der Waals surface area contributed by atoms with Gasteiger partial charge in [0, 0.05) is 17.3 Å². The van der Waals surface area contributed by atoms with Crippen molar-refractivity contribution in [3.8, 4) is 5.75 Å². The summed E-state index contributed by atoms with van der Waals surface area (Å²) in [6.07, 6.45) is 1.45. The molecule has 0 saturated heterocycles. The van der Waals surface area contributed by atoms with Crippen LogP contribution in [0.2, 0.25) is 0 Å². The number of aromatic nitrogens is 1. The molecule has 6 heteroatoms. The third-order valence-electron chi connectivity index (χ3n) is 2.14. The summed E-state index contributed by atoms with van der Waals surface area (Å²) >= 11 is 0. The number of hydrogen-bond donors (Lipinski definition) is 3. The topological polar surface area (TPSA) is 106 Å². The van der Waals surface area contributed by atoms with Crippen LogP contribution in [0, 0.1) is 6.92 Å². The molecular formula is C10H14N2O4. The molecule has 0 aliphatic rings. The lowest BCUT2D eigenvalue weighted by Gasteiger charge is -2.10. The van der Waals surface area contributed by atoms with Gasteiger partial charge in [-0.25, -0.2) is 0 Å². The first-order valence-corrected chi connectivity index (χ1v) is 4.73. The lowest BCUT2D eigenvalue weighted by molar-refractivity contribution is -0.143. The number of nitrogens with two attached hydrogens (primary N) is 1. The fraction of sp³-hybridized carbons (Fsp3) is 0.400. The molecule has 0 radical (unpaired) electrons. The number of carbonyl (C=O) groups is 1. The third-order valence-corrected chi connectivity index (χ3v) is 2.14. The Morgan fingerprint density at radius 2 is 2.31 bits per heavy atom. The Bertz CT molecular complexity index is 393. The van der Waals surface area contributed by atoms with E-state index in [1.54, 1.807) is 6.92 Å². The molecule has 1 rings (SSSR count). The Labute approximate surface area is 92.7 Å². The predicted octanol–water partition coefficient (Wildman–Crippen LogP) is -0.410. The zero-order valence-corrected chi connectivity index (χ0v) is 8.93. The van der Waals surface area contributed by atoms with Gasteiger partial charge < -0.3 is 20.7 Å². The molecule has 88 valence electrons. The number of aromatic hydroxyl groups is 1. The molecule has 0 aliphatic heterocycles. The highest BCUT2D eigenvalue weighted by Crippen LogP contribution is 2.24. The van der Waals surface area contributed by atoms with E-state index in [0.29, 0.717) is 16.8 Å². The molecule has 0 fully saturated rings. The Morgan fingerprint density at radius 3 is 2.88 bits per heavy atom. The summed E-state index contributed by atoms with van der Waals surface area (Å²) in [4.78, 5) is 14.8. The van der Waals surface area contributed by atoms with Gasteiger partial charge in [0.25, 0.3) is 0 Å². The van der Waals surface area contributed by atoms with Crippen molar-refractivity contribution in [2.45, 2.75) is 20.1 Å². The first-order chi connectivity index (χ1) is 7.60. The number of pyridine rings is 1. The van der Waals surface area contributed by atoms with Gasteiger partial charge in [-0.2, -0.15) is 0 Å². The average molecular weight is 226 g/mol. The zero-order valence-electron chi connectivity index (χ0n) is 8.93. The molecule has 0 spiro atoms. The number of nitrogens with zero attached hydrogens (tertiary/aromatic N) is 1. The fourth-order valence-electron chi connectivity index (χ4n) is 1.20. The molecule has 0 bridgehead atoms. The van der Waals surface area contributed by atoms with Crippen LogP contribution in [0.15, 0.2) is 6.20 Å². The SMILES string of the molecule is Cc1ncc(COC(=O)CN)c(CO)c1O. The molecule has 16 heavy (non-hydrogen) atoms. The lowest BCUT2D eigenvalue weighted by Crippen LogP contribution is -2.17. The Morgan fingerprint density at radius 1 is 1.62 bits per heavy atom. The van der Waals surface area contributed by atoms with Gasteiger partial charge in [-0.3, -0.25) is 9.78 Å². The smallest absolute Gasteiger partial charge is 0.320 e. The molecule has 0 atom stereocenters. The summed E-state index contributed by atoms with van der Waals surface area (Å²) in [5.41, 5.74) is 6.27. The quantitative estimate of drug-likeness (QED) is 0.603. The number of carbonyl (C=O) groups excluding carboxylic acids is 1. The van der Waals surface area contributed by atoms with Crippen LogP contribution in [-0.2, 0) is 22.7 Å². The van der Waals surface area contributed by atoms with Crippen LogP contribution in [-0.4, -0.2) is 27.7 Å². The molecule has 1 aromatic heterocycles. The minimum Gasteiger partial charge on any atom is -0.506 e. The molecule has 1 heterocycles. The van der Waals surface area contributed by atoms with Crippen molar-refractivity contribution in [1.82, 2.24) is 4.98 Å². The van der Waals surface area contributed by atoms with Crippen LogP contribution in [0.25, 0.3) is 0 Å². The number of hydrogen-bond acceptors (Lipinski definition) is 6. The highest BCUT2D eigenvalue weighted by molar-refractivity contribution is 5.71. The number of esters is 1. The maximum absolute atomic E-state index is 10.8. The second-order valence-electron chi connectivity index (χ2n) is 3.22. The monoisotopic (exact) mass is 226 g/mol. The zero-order chi connectivity index (χ0) is 12.1. The highest BCUT2D eigenvalue weighted by Gasteiger charge is 2.12. The van der Waals surface area contributed by atoms with Gasteiger partial charge in [-0.15, -0.1) is 0 Å². The summed E-state index contributed by atoms with van der Waals surface area (Å²) in [6.45, 7) is 1.00. The molecule has 4 N–H and O–H groups in total. The van der Waals surface area contributed by atoms with Crippen LogP contribution in [0.1, 0.15) is 16.8 Å². The van der Waals surface area contributed by atoms with Gasteiger partial charge in [0.15, 0.2) is 0 Å². The van der Waals surface area contributed by atoms with Gasteiger partial charge in [0.2, 0.25) is 0 Å². The summed E-state index contributed by atoms with van der Waals surface area (Å²) < 4.78 is 4.79. The van der Waals surface area contributed by atoms with Gasteiger partial charge >= 0.3 is 5.97 Å². The summed E-state index contributed by atoms with van der Waals surface area (Å²) in [6, 6.07) is 0. The van der Waals surface area contributed by atoms with Crippen molar-refractivity contribution in [3.05, 3.63) is 23.0 Å². The number of aliphatic hydroxyl groups is 1. The molecule has 0 saturated carbocycles. The molecule has 0 amide bonds. The van der Waals surface area contributed by atoms with Crippen molar-refractivity contribution >= 4 is 5.97 Å². The van der Waals surface area contributed by atoms with E-state index in [0.717, 1.165) is 0 Å². The average Bonchev–Trinajstić information content (AvgIpc) is 2.30. The van der Waals surface area contributed by atoms with Gasteiger partial charge in [-0.1, -0.05) is 0 Å². The maximum atomic E-state index is 10.8. The number of rotatable bonds is 4. The summed E-state index contributed by atoms with van der Waals surface area (Å²) in [5.74, 6) is -0.632. The molecule has 0 aliphatic carbocycles. The normalized spacial score (nSPS) is 10.2. The van der Waals surface area contributed by atoms with E-state index >= 15 is 0 Å². The third kappa shape index (κ3) is 2.68. The summed E-state index contributed by atoms with van der Waals surface area (Å²) in [7, 11) is 0. The van der Waals surface area contributed by atoms with Crippen LogP contribution in [0.5, 0.6) is 5.75 Å². The van der Waals surface area contributed by atoms with E-state index in [2.05, 4.69) is 4.98 Å². The minimum atomic E-state index is -0.552. The summed E-state index contributed by atoms with van der Waals surface area (Å²) in [5, 5.41) is 18.7. The van der Waals surface area contributed by atoms with Crippen LogP contribution >= 0.6 is 0 Å². The van der Waals surface area contributed by atoms with Gasteiger partial charge in [0.05, 0.1) is 18.8 Å². The van der Waals surface area contributed by atoms with Crippen molar-refractivity contribution in [2.24, 2.45) is 5.73 Å². The number of aliphatic hydroxyl groups excluding tert-OH is 1.